The van der Waals surface area contributed by atoms with Gasteiger partial charge in [-0.15, -0.1) is 0 Å². The second-order valence-electron chi connectivity index (χ2n) is 6.06. The van der Waals surface area contributed by atoms with E-state index in [2.05, 4.69) is 20.8 Å². The number of rotatable bonds is 5. The highest BCUT2D eigenvalue weighted by Crippen LogP contribution is 2.19. The average molecular weight is 343 g/mol. The van der Waals surface area contributed by atoms with Crippen LogP contribution in [0.1, 0.15) is 25.6 Å². The summed E-state index contributed by atoms with van der Waals surface area (Å²) in [6.07, 6.45) is 1.26. The Morgan fingerprint density at radius 2 is 2.12 bits per heavy atom. The Hall–Kier alpha value is -2.90. The monoisotopic (exact) mass is 343 g/mol. The molecule has 8 nitrogen and oxygen atoms in total. The maximum absolute atomic E-state index is 12.1. The maximum Gasteiger partial charge on any atom is 0.319 e. The lowest BCUT2D eigenvalue weighted by Gasteiger charge is -2.16. The van der Waals surface area contributed by atoms with Gasteiger partial charge >= 0.3 is 6.03 Å². The highest BCUT2D eigenvalue weighted by Gasteiger charge is 2.29. The Kier molecular flexibility index (Phi) is 4.97. The normalized spacial score (nSPS) is 17.0. The van der Waals surface area contributed by atoms with Crippen molar-refractivity contribution in [2.75, 3.05) is 18.4 Å². The predicted molar refractivity (Wildman–Crippen MR) is 91.9 cm³/mol. The van der Waals surface area contributed by atoms with Gasteiger partial charge in [0.1, 0.15) is 0 Å². The molecule has 0 bridgehead atoms. The third-order valence-corrected chi connectivity index (χ3v) is 3.96. The molecule has 0 aliphatic carbocycles. The van der Waals surface area contributed by atoms with E-state index < -0.39 is 0 Å². The van der Waals surface area contributed by atoms with E-state index in [1.807, 2.05) is 6.92 Å². The van der Waals surface area contributed by atoms with Crippen LogP contribution in [0.2, 0.25) is 0 Å². The van der Waals surface area contributed by atoms with Gasteiger partial charge < -0.3 is 20.1 Å². The van der Waals surface area contributed by atoms with Crippen LogP contribution in [0.5, 0.6) is 0 Å². The van der Waals surface area contributed by atoms with Gasteiger partial charge in [-0.05, 0) is 37.6 Å². The molecule has 1 aromatic carbocycles. The van der Waals surface area contributed by atoms with Gasteiger partial charge in [-0.3, -0.25) is 4.79 Å². The minimum atomic E-state index is -0.322. The highest BCUT2D eigenvalue weighted by atomic mass is 16.5. The predicted octanol–water partition coefficient (Wildman–Crippen LogP) is 2.18. The van der Waals surface area contributed by atoms with Crippen LogP contribution >= 0.6 is 0 Å². The summed E-state index contributed by atoms with van der Waals surface area (Å²) in [5, 5.41) is 9.36. The van der Waals surface area contributed by atoms with Crippen molar-refractivity contribution in [2.45, 2.75) is 32.7 Å². The quantitative estimate of drug-likeness (QED) is 0.866. The number of anilines is 1. The lowest BCUT2D eigenvalue weighted by Crippen LogP contribution is -2.39. The summed E-state index contributed by atoms with van der Waals surface area (Å²) in [7, 11) is 0. The molecule has 0 saturated carbocycles. The van der Waals surface area contributed by atoms with Crippen LogP contribution in [-0.2, 0) is 4.79 Å². The van der Waals surface area contributed by atoms with Crippen LogP contribution < -0.4 is 10.6 Å². The lowest BCUT2D eigenvalue weighted by atomic mass is 10.2. The number of urea groups is 1. The van der Waals surface area contributed by atoms with Gasteiger partial charge in [0, 0.05) is 30.8 Å². The molecule has 2 N–H and O–H groups in total. The largest absolute Gasteiger partial charge is 0.341 e. The van der Waals surface area contributed by atoms with Gasteiger partial charge in [0.2, 0.25) is 5.91 Å². The fraction of sp³-hybridized carbons (Fsp3) is 0.412. The number of likely N-dealkylation sites (tertiary alicyclic amines) is 1. The summed E-state index contributed by atoms with van der Waals surface area (Å²) in [5.74, 6) is 1.10. The molecule has 1 aliphatic heterocycles. The van der Waals surface area contributed by atoms with Crippen LogP contribution in [0.15, 0.2) is 28.8 Å². The van der Waals surface area contributed by atoms with Gasteiger partial charge in [-0.25, -0.2) is 4.79 Å². The minimum absolute atomic E-state index is 0.0892. The molecule has 8 heteroatoms. The smallest absolute Gasteiger partial charge is 0.319 e. The van der Waals surface area contributed by atoms with Gasteiger partial charge in [0.25, 0.3) is 5.89 Å². The van der Waals surface area contributed by atoms with E-state index in [4.69, 9.17) is 4.52 Å². The van der Waals surface area contributed by atoms with E-state index in [0.717, 1.165) is 18.5 Å². The Morgan fingerprint density at radius 3 is 2.76 bits per heavy atom. The summed E-state index contributed by atoms with van der Waals surface area (Å²) in [4.78, 5) is 29.9. The van der Waals surface area contributed by atoms with E-state index in [1.165, 1.54) is 0 Å². The fourth-order valence-electron chi connectivity index (χ4n) is 2.82. The van der Waals surface area contributed by atoms with Crippen molar-refractivity contribution in [3.63, 3.8) is 0 Å². The van der Waals surface area contributed by atoms with Crippen molar-refractivity contribution in [1.29, 1.82) is 0 Å². The van der Waals surface area contributed by atoms with Crippen LogP contribution in [0, 0.1) is 6.92 Å². The third kappa shape index (κ3) is 4.14. The van der Waals surface area contributed by atoms with E-state index in [1.54, 1.807) is 36.1 Å². The number of aromatic nitrogens is 2. The van der Waals surface area contributed by atoms with E-state index >= 15 is 0 Å². The van der Waals surface area contributed by atoms with Crippen molar-refractivity contribution >= 4 is 17.6 Å². The molecule has 2 aromatic rings. The van der Waals surface area contributed by atoms with Crippen molar-refractivity contribution < 1.29 is 14.1 Å². The molecule has 3 rings (SSSR count). The molecule has 1 atom stereocenters. The Balaban J connectivity index is 1.54. The molecule has 132 valence electrons. The van der Waals surface area contributed by atoms with Crippen LogP contribution in [0.4, 0.5) is 10.5 Å². The maximum atomic E-state index is 12.1. The number of nitrogens with one attached hydrogen (secondary N) is 2. The molecule has 1 saturated heterocycles. The molecule has 1 aromatic heterocycles. The Morgan fingerprint density at radius 1 is 1.36 bits per heavy atom. The van der Waals surface area contributed by atoms with Crippen molar-refractivity contribution in [3.05, 3.63) is 30.1 Å². The summed E-state index contributed by atoms with van der Waals surface area (Å²) in [5.41, 5.74) is 1.43. The Bertz CT molecular complexity index is 756. The zero-order chi connectivity index (χ0) is 17.8. The number of hydrogen-bond acceptors (Lipinski definition) is 5. The summed E-state index contributed by atoms with van der Waals surface area (Å²) in [6.45, 7) is 5.08. The van der Waals surface area contributed by atoms with Gasteiger partial charge in [-0.1, -0.05) is 12.1 Å². The average Bonchev–Trinajstić information content (AvgIpc) is 3.15. The molecule has 1 fully saturated rings. The number of carbonyl (C=O) groups excluding carboxylic acids is 2. The van der Waals surface area contributed by atoms with Gasteiger partial charge in [0.05, 0.1) is 6.04 Å². The van der Waals surface area contributed by atoms with Crippen molar-refractivity contribution in [1.82, 2.24) is 20.4 Å². The fourth-order valence-corrected chi connectivity index (χ4v) is 2.82. The summed E-state index contributed by atoms with van der Waals surface area (Å²) in [6, 6.07) is 6.64. The number of benzene rings is 1. The number of hydrogen-bond donors (Lipinski definition) is 2. The first-order chi connectivity index (χ1) is 12.0. The molecule has 25 heavy (non-hydrogen) atoms. The van der Waals surface area contributed by atoms with Crippen LogP contribution in [0.25, 0.3) is 11.5 Å². The van der Waals surface area contributed by atoms with Gasteiger partial charge in [-0.2, -0.15) is 4.98 Å². The number of aryl methyl sites for hydroxylation is 1. The number of carbonyl (C=O) groups is 2. The number of amides is 3. The zero-order valence-electron chi connectivity index (χ0n) is 14.3. The molecule has 3 amide bonds. The number of nitrogens with zero attached hydrogens (tertiary/aromatic N) is 3. The van der Waals surface area contributed by atoms with Crippen LogP contribution in [-0.4, -0.2) is 46.1 Å². The molecular formula is C17H21N5O3. The zero-order valence-corrected chi connectivity index (χ0v) is 14.3. The third-order valence-electron chi connectivity index (χ3n) is 3.96. The SMILES string of the molecule is CCCN1CC(NC(=O)Nc2ccc(-c3nc(C)no3)cc2)CC1=O. The summed E-state index contributed by atoms with van der Waals surface area (Å²) >= 11 is 0. The van der Waals surface area contributed by atoms with E-state index in [9.17, 15) is 9.59 Å². The topological polar surface area (TPSA) is 100 Å². The standard InChI is InChI=1S/C17H21N5O3/c1-3-8-22-10-14(9-15(22)23)20-17(24)19-13-6-4-12(5-7-13)16-18-11(2)21-25-16/h4-7,14H,3,8-10H2,1-2H3,(H2,19,20,24). The first-order valence-electron chi connectivity index (χ1n) is 8.31. The van der Waals surface area contributed by atoms with E-state index in [-0.39, 0.29) is 18.0 Å². The van der Waals surface area contributed by atoms with Crippen molar-refractivity contribution in [2.24, 2.45) is 0 Å². The first-order valence-corrected chi connectivity index (χ1v) is 8.31. The second-order valence-corrected chi connectivity index (χ2v) is 6.06. The molecule has 2 heterocycles. The summed E-state index contributed by atoms with van der Waals surface area (Å²) < 4.78 is 5.10. The minimum Gasteiger partial charge on any atom is -0.341 e. The molecular weight excluding hydrogens is 322 g/mol. The lowest BCUT2D eigenvalue weighted by molar-refractivity contribution is -0.127. The van der Waals surface area contributed by atoms with Crippen molar-refractivity contribution in [3.8, 4) is 11.5 Å². The first kappa shape index (κ1) is 16.9. The van der Waals surface area contributed by atoms with Crippen LogP contribution in [0.3, 0.4) is 0 Å². The molecule has 1 aliphatic rings. The van der Waals surface area contributed by atoms with Gasteiger partial charge in [0.15, 0.2) is 5.82 Å². The Labute approximate surface area is 145 Å². The molecule has 0 spiro atoms. The second kappa shape index (κ2) is 7.33. The van der Waals surface area contributed by atoms with E-state index in [0.29, 0.717) is 30.4 Å². The molecule has 0 radical (unpaired) electrons. The molecule has 1 unspecified atom stereocenters. The highest BCUT2D eigenvalue weighted by molar-refractivity contribution is 5.90.